The fraction of sp³-hybridized carbons (Fsp3) is 0.375. The zero-order valence-electron chi connectivity index (χ0n) is 6.77. The fourth-order valence-electron chi connectivity index (χ4n) is 0.851. The van der Waals surface area contributed by atoms with Crippen molar-refractivity contribution in [3.63, 3.8) is 0 Å². The van der Waals surface area contributed by atoms with E-state index in [0.29, 0.717) is 0 Å². The van der Waals surface area contributed by atoms with Gasteiger partial charge in [-0.2, -0.15) is 5.26 Å². The first kappa shape index (κ1) is 8.47. The van der Waals surface area contributed by atoms with Crippen LogP contribution in [0.4, 0.5) is 0 Å². The Balaban J connectivity index is 2.43. The number of nitrogens with zero attached hydrogens (tertiary/aromatic N) is 4. The van der Waals surface area contributed by atoms with E-state index in [1.807, 2.05) is 12.1 Å². The summed E-state index contributed by atoms with van der Waals surface area (Å²) in [7, 11) is 0. The summed E-state index contributed by atoms with van der Waals surface area (Å²) >= 11 is 0. The van der Waals surface area contributed by atoms with Gasteiger partial charge < -0.3 is 0 Å². The monoisotopic (exact) mass is 162 g/mol. The maximum atomic E-state index is 8.42. The highest BCUT2D eigenvalue weighted by atomic mass is 15.3. The summed E-state index contributed by atoms with van der Waals surface area (Å²) in [5.74, 6) is 0.230. The van der Waals surface area contributed by atoms with Crippen molar-refractivity contribution in [2.45, 2.75) is 19.4 Å². The summed E-state index contributed by atoms with van der Waals surface area (Å²) in [6, 6.07) is 1.87. The van der Waals surface area contributed by atoms with Crippen LogP contribution in [0, 0.1) is 11.3 Å². The second kappa shape index (κ2) is 4.29. The van der Waals surface area contributed by atoms with Crippen molar-refractivity contribution in [1.82, 2.24) is 14.8 Å². The van der Waals surface area contributed by atoms with Gasteiger partial charge in [-0.15, -0.1) is 11.7 Å². The van der Waals surface area contributed by atoms with Gasteiger partial charge in [0.05, 0.1) is 0 Å². The van der Waals surface area contributed by atoms with Crippen LogP contribution in [-0.2, 0) is 6.54 Å². The van der Waals surface area contributed by atoms with E-state index >= 15 is 0 Å². The minimum Gasteiger partial charge on any atom is -0.252 e. The van der Waals surface area contributed by atoms with Crippen molar-refractivity contribution in [1.29, 1.82) is 5.26 Å². The first-order valence-electron chi connectivity index (χ1n) is 3.77. The molecule has 0 radical (unpaired) electrons. The number of allylic oxidation sites excluding steroid dienone is 1. The average Bonchev–Trinajstić information content (AvgIpc) is 2.53. The van der Waals surface area contributed by atoms with Crippen LogP contribution in [0.15, 0.2) is 19.0 Å². The van der Waals surface area contributed by atoms with Gasteiger partial charge >= 0.3 is 0 Å². The van der Waals surface area contributed by atoms with E-state index in [1.54, 1.807) is 11.0 Å². The Morgan fingerprint density at radius 2 is 2.58 bits per heavy atom. The molecule has 12 heavy (non-hydrogen) atoms. The molecule has 0 atom stereocenters. The number of hydrogen-bond acceptors (Lipinski definition) is 3. The van der Waals surface area contributed by atoms with Gasteiger partial charge in [-0.3, -0.25) is 4.68 Å². The molecule has 0 spiro atoms. The second-order valence-electron chi connectivity index (χ2n) is 2.37. The highest BCUT2D eigenvalue weighted by Crippen LogP contribution is 1.94. The summed E-state index contributed by atoms with van der Waals surface area (Å²) in [6.45, 7) is 4.41. The van der Waals surface area contributed by atoms with Gasteiger partial charge in [0, 0.05) is 6.54 Å². The van der Waals surface area contributed by atoms with Crippen LogP contribution < -0.4 is 0 Å². The van der Waals surface area contributed by atoms with Crippen molar-refractivity contribution >= 4 is 0 Å². The topological polar surface area (TPSA) is 54.5 Å². The molecule has 62 valence electrons. The third kappa shape index (κ3) is 2.20. The van der Waals surface area contributed by atoms with Crippen LogP contribution in [-0.4, -0.2) is 14.8 Å². The van der Waals surface area contributed by atoms with E-state index in [9.17, 15) is 0 Å². The van der Waals surface area contributed by atoms with E-state index < -0.39 is 0 Å². The maximum absolute atomic E-state index is 8.42. The molecule has 0 unspecified atom stereocenters. The Morgan fingerprint density at radius 3 is 3.17 bits per heavy atom. The van der Waals surface area contributed by atoms with Crippen molar-refractivity contribution in [2.75, 3.05) is 0 Å². The molecule has 0 N–H and O–H groups in total. The molecule has 0 aliphatic carbocycles. The van der Waals surface area contributed by atoms with Gasteiger partial charge in [0.15, 0.2) is 0 Å². The lowest BCUT2D eigenvalue weighted by Crippen LogP contribution is -1.98. The molecule has 1 heterocycles. The van der Waals surface area contributed by atoms with Crippen molar-refractivity contribution in [3.8, 4) is 6.07 Å². The van der Waals surface area contributed by atoms with Gasteiger partial charge in [0.25, 0.3) is 5.82 Å². The van der Waals surface area contributed by atoms with Crippen molar-refractivity contribution in [3.05, 3.63) is 24.8 Å². The highest BCUT2D eigenvalue weighted by Gasteiger charge is 1.96. The van der Waals surface area contributed by atoms with Crippen LogP contribution in [0.3, 0.4) is 0 Å². The minimum atomic E-state index is 0.230. The van der Waals surface area contributed by atoms with Gasteiger partial charge in [0.2, 0.25) is 0 Å². The zero-order chi connectivity index (χ0) is 8.81. The Labute approximate surface area is 71.2 Å². The minimum absolute atomic E-state index is 0.230. The summed E-state index contributed by atoms with van der Waals surface area (Å²) in [5.41, 5.74) is 0. The number of aryl methyl sites for hydroxylation is 1. The molecule has 0 aliphatic rings. The molecule has 1 aromatic heterocycles. The SMILES string of the molecule is C=CCCCn1cnc(C#N)n1. The van der Waals surface area contributed by atoms with Gasteiger partial charge in [0.1, 0.15) is 12.4 Å². The van der Waals surface area contributed by atoms with Gasteiger partial charge in [-0.1, -0.05) is 6.08 Å². The summed E-state index contributed by atoms with van der Waals surface area (Å²) in [5, 5.41) is 12.3. The molecule has 4 nitrogen and oxygen atoms in total. The molecular formula is C8H10N4. The van der Waals surface area contributed by atoms with E-state index in [2.05, 4.69) is 16.7 Å². The zero-order valence-corrected chi connectivity index (χ0v) is 6.77. The Hall–Kier alpha value is -1.63. The first-order chi connectivity index (χ1) is 5.86. The van der Waals surface area contributed by atoms with Crippen LogP contribution in [0.2, 0.25) is 0 Å². The normalized spacial score (nSPS) is 9.25. The van der Waals surface area contributed by atoms with Crippen LogP contribution in [0.1, 0.15) is 18.7 Å². The molecule has 0 saturated heterocycles. The van der Waals surface area contributed by atoms with Gasteiger partial charge in [-0.05, 0) is 12.8 Å². The molecule has 0 aromatic carbocycles. The van der Waals surface area contributed by atoms with Crippen molar-refractivity contribution in [2.24, 2.45) is 0 Å². The average molecular weight is 162 g/mol. The Morgan fingerprint density at radius 1 is 1.75 bits per heavy atom. The smallest absolute Gasteiger partial charge is 0.252 e. The molecule has 0 amide bonds. The number of unbranched alkanes of at least 4 members (excludes halogenated alkanes) is 1. The quantitative estimate of drug-likeness (QED) is 0.492. The third-order valence-corrected chi connectivity index (χ3v) is 1.43. The van der Waals surface area contributed by atoms with Crippen LogP contribution in [0.25, 0.3) is 0 Å². The largest absolute Gasteiger partial charge is 0.252 e. The Bertz CT molecular complexity index is 294. The van der Waals surface area contributed by atoms with Gasteiger partial charge in [-0.25, -0.2) is 4.98 Å². The molecule has 0 bridgehead atoms. The van der Waals surface area contributed by atoms with Crippen molar-refractivity contribution < 1.29 is 0 Å². The lowest BCUT2D eigenvalue weighted by molar-refractivity contribution is 0.581. The van der Waals surface area contributed by atoms with E-state index in [-0.39, 0.29) is 5.82 Å². The molecular weight excluding hydrogens is 152 g/mol. The predicted octanol–water partition coefficient (Wildman–Crippen LogP) is 1.12. The molecule has 4 heteroatoms. The lowest BCUT2D eigenvalue weighted by Gasteiger charge is -1.95. The molecule has 0 fully saturated rings. The third-order valence-electron chi connectivity index (χ3n) is 1.43. The number of rotatable bonds is 4. The predicted molar refractivity (Wildman–Crippen MR) is 44.2 cm³/mol. The summed E-state index contributed by atoms with van der Waals surface area (Å²) in [6.07, 6.45) is 5.38. The van der Waals surface area contributed by atoms with Crippen LogP contribution in [0.5, 0.6) is 0 Å². The lowest BCUT2D eigenvalue weighted by atomic mass is 10.3. The molecule has 0 saturated carbocycles. The number of aromatic nitrogens is 3. The molecule has 1 aromatic rings. The maximum Gasteiger partial charge on any atom is 0.252 e. The number of hydrogen-bond donors (Lipinski definition) is 0. The fourth-order valence-corrected chi connectivity index (χ4v) is 0.851. The first-order valence-corrected chi connectivity index (χ1v) is 3.77. The number of nitriles is 1. The van der Waals surface area contributed by atoms with E-state index in [4.69, 9.17) is 5.26 Å². The standard InChI is InChI=1S/C8H10N4/c1-2-3-4-5-12-7-10-8(6-9)11-12/h2,7H,1,3-5H2. The molecule has 0 aliphatic heterocycles. The van der Waals surface area contributed by atoms with E-state index in [1.165, 1.54) is 0 Å². The molecule has 1 rings (SSSR count). The Kier molecular flexibility index (Phi) is 3.03. The van der Waals surface area contributed by atoms with E-state index in [0.717, 1.165) is 19.4 Å². The highest BCUT2D eigenvalue weighted by molar-refractivity contribution is 5.05. The summed E-state index contributed by atoms with van der Waals surface area (Å²) in [4.78, 5) is 3.78. The van der Waals surface area contributed by atoms with Crippen LogP contribution >= 0.6 is 0 Å². The second-order valence-corrected chi connectivity index (χ2v) is 2.37. The summed E-state index contributed by atoms with van der Waals surface area (Å²) < 4.78 is 1.67.